The van der Waals surface area contributed by atoms with Crippen LogP contribution in [-0.2, 0) is 24.1 Å². The van der Waals surface area contributed by atoms with E-state index in [1.54, 1.807) is 0 Å². The molecule has 8 heteroatoms. The lowest BCUT2D eigenvalue weighted by atomic mass is 10.2. The average Bonchev–Trinajstić information content (AvgIpc) is 2.50. The summed E-state index contributed by atoms with van der Waals surface area (Å²) in [5, 5.41) is 0. The molecule has 24 heavy (non-hydrogen) atoms. The van der Waals surface area contributed by atoms with E-state index in [4.69, 9.17) is 0 Å². The summed E-state index contributed by atoms with van der Waals surface area (Å²) in [7, 11) is 1.53. The zero-order chi connectivity index (χ0) is 17.9. The Bertz CT molecular complexity index is 785. The van der Waals surface area contributed by atoms with Crippen LogP contribution >= 0.6 is 15.9 Å². The number of carbonyl (C=O) groups excluding carboxylic acids is 1. The summed E-state index contributed by atoms with van der Waals surface area (Å²) in [6.07, 6.45) is -3.91. The number of amides is 1. The minimum Gasteiger partial charge on any atom is -0.340 e. The molecule has 0 unspecified atom stereocenters. The molecule has 0 saturated heterocycles. The Hall–Kier alpha value is -2.09. The second-order valence-corrected chi connectivity index (χ2v) is 6.17. The molecule has 4 nitrogen and oxygen atoms in total. The van der Waals surface area contributed by atoms with Gasteiger partial charge in [0.15, 0.2) is 0 Å². The third-order valence-electron chi connectivity index (χ3n) is 3.38. The summed E-state index contributed by atoms with van der Waals surface area (Å²) in [5.74, 6) is -0.459. The Balaban J connectivity index is 2.11. The van der Waals surface area contributed by atoms with Crippen molar-refractivity contribution >= 4 is 21.8 Å². The first-order chi connectivity index (χ1) is 11.2. The number of carbonyl (C=O) groups is 1. The van der Waals surface area contributed by atoms with Crippen LogP contribution in [0.5, 0.6) is 0 Å². The van der Waals surface area contributed by atoms with Crippen molar-refractivity contribution in [3.8, 4) is 0 Å². The summed E-state index contributed by atoms with van der Waals surface area (Å²) < 4.78 is 39.8. The van der Waals surface area contributed by atoms with E-state index < -0.39 is 29.8 Å². The van der Waals surface area contributed by atoms with E-state index in [9.17, 15) is 22.8 Å². The van der Waals surface area contributed by atoms with E-state index in [0.717, 1.165) is 20.7 Å². The third kappa shape index (κ3) is 4.70. The van der Waals surface area contributed by atoms with Crippen LogP contribution in [0.4, 0.5) is 13.2 Å². The number of hydrogen-bond donors (Lipinski definition) is 0. The van der Waals surface area contributed by atoms with Crippen LogP contribution in [0.15, 0.2) is 51.9 Å². The topological polar surface area (TPSA) is 42.3 Å². The number of aromatic nitrogens is 1. The molecule has 0 aliphatic heterocycles. The van der Waals surface area contributed by atoms with Gasteiger partial charge in [-0.05, 0) is 23.8 Å². The van der Waals surface area contributed by atoms with Gasteiger partial charge in [-0.3, -0.25) is 9.59 Å². The minimum atomic E-state index is -4.57. The molecule has 0 aliphatic carbocycles. The van der Waals surface area contributed by atoms with Crippen LogP contribution in [0.25, 0.3) is 0 Å². The van der Waals surface area contributed by atoms with Gasteiger partial charge in [0.25, 0.3) is 5.56 Å². The Labute approximate surface area is 144 Å². The highest BCUT2D eigenvalue weighted by molar-refractivity contribution is 9.10. The van der Waals surface area contributed by atoms with Crippen molar-refractivity contribution < 1.29 is 18.0 Å². The first-order valence-corrected chi connectivity index (χ1v) is 7.72. The maximum atomic E-state index is 12.7. The number of hydrogen-bond acceptors (Lipinski definition) is 2. The van der Waals surface area contributed by atoms with E-state index in [0.29, 0.717) is 18.8 Å². The van der Waals surface area contributed by atoms with Crippen molar-refractivity contribution in [3.05, 3.63) is 68.5 Å². The smallest absolute Gasteiger partial charge is 0.340 e. The van der Waals surface area contributed by atoms with Crippen LogP contribution in [0.1, 0.15) is 11.1 Å². The zero-order valence-electron chi connectivity index (χ0n) is 12.7. The van der Waals surface area contributed by atoms with Gasteiger partial charge in [0.1, 0.15) is 6.54 Å². The van der Waals surface area contributed by atoms with E-state index in [1.165, 1.54) is 11.9 Å². The molecule has 128 valence electrons. The van der Waals surface area contributed by atoms with Gasteiger partial charge in [-0.1, -0.05) is 28.1 Å². The third-order valence-corrected chi connectivity index (χ3v) is 3.90. The standard InChI is InChI=1S/C16H14BrF3N2O2/c1-21(8-11-2-5-13(17)6-3-11)15(24)10-22-9-12(16(18,19)20)4-7-14(22)23/h2-7,9H,8,10H2,1H3. The number of halogens is 4. The summed E-state index contributed by atoms with van der Waals surface area (Å²) in [6, 6.07) is 8.81. The van der Waals surface area contributed by atoms with Crippen LogP contribution in [0, 0.1) is 0 Å². The molecular weight excluding hydrogens is 389 g/mol. The largest absolute Gasteiger partial charge is 0.417 e. The molecule has 1 aromatic carbocycles. The fourth-order valence-electron chi connectivity index (χ4n) is 2.04. The molecular formula is C16H14BrF3N2O2. The van der Waals surface area contributed by atoms with Gasteiger partial charge in [-0.15, -0.1) is 0 Å². The Morgan fingerprint density at radius 1 is 1.17 bits per heavy atom. The molecule has 2 rings (SSSR count). The normalized spacial score (nSPS) is 11.4. The summed E-state index contributed by atoms with van der Waals surface area (Å²) in [5.41, 5.74) is -0.760. The Kier molecular flexibility index (Phi) is 5.48. The molecule has 1 amide bonds. The van der Waals surface area contributed by atoms with Crippen molar-refractivity contribution in [3.63, 3.8) is 0 Å². The molecule has 0 spiro atoms. The number of likely N-dealkylation sites (N-methyl/N-ethyl adjacent to an activating group) is 1. The lowest BCUT2D eigenvalue weighted by molar-refractivity contribution is -0.138. The molecule has 0 bridgehead atoms. The molecule has 0 N–H and O–H groups in total. The van der Waals surface area contributed by atoms with Gasteiger partial charge < -0.3 is 9.47 Å². The van der Waals surface area contributed by atoms with Crippen molar-refractivity contribution in [2.24, 2.45) is 0 Å². The SMILES string of the molecule is CN(Cc1ccc(Br)cc1)C(=O)Cn1cc(C(F)(F)F)ccc1=O. The van der Waals surface area contributed by atoms with E-state index in [1.807, 2.05) is 24.3 Å². The highest BCUT2D eigenvalue weighted by Gasteiger charge is 2.31. The molecule has 2 aromatic rings. The van der Waals surface area contributed by atoms with Crippen molar-refractivity contribution in [1.82, 2.24) is 9.47 Å². The van der Waals surface area contributed by atoms with E-state index in [-0.39, 0.29) is 0 Å². The monoisotopic (exact) mass is 402 g/mol. The quantitative estimate of drug-likeness (QED) is 0.787. The number of pyridine rings is 1. The lowest BCUT2D eigenvalue weighted by Gasteiger charge is -2.18. The van der Waals surface area contributed by atoms with Gasteiger partial charge in [0.2, 0.25) is 5.91 Å². The van der Waals surface area contributed by atoms with E-state index in [2.05, 4.69) is 15.9 Å². The molecule has 0 atom stereocenters. The number of rotatable bonds is 4. The number of nitrogens with zero attached hydrogens (tertiary/aromatic N) is 2. The lowest BCUT2D eigenvalue weighted by Crippen LogP contribution is -2.33. The highest BCUT2D eigenvalue weighted by Crippen LogP contribution is 2.28. The molecule has 0 aliphatic rings. The van der Waals surface area contributed by atoms with Crippen molar-refractivity contribution in [1.29, 1.82) is 0 Å². The maximum absolute atomic E-state index is 12.7. The maximum Gasteiger partial charge on any atom is 0.417 e. The summed E-state index contributed by atoms with van der Waals surface area (Å²) >= 11 is 3.31. The first-order valence-electron chi connectivity index (χ1n) is 6.93. The van der Waals surface area contributed by atoms with Crippen LogP contribution in [0.3, 0.4) is 0 Å². The molecule has 0 fully saturated rings. The molecule has 1 heterocycles. The number of benzene rings is 1. The average molecular weight is 403 g/mol. The first kappa shape index (κ1) is 18.3. The second kappa shape index (κ2) is 7.21. The Morgan fingerprint density at radius 2 is 1.79 bits per heavy atom. The molecule has 1 aromatic heterocycles. The molecule has 0 saturated carbocycles. The second-order valence-electron chi connectivity index (χ2n) is 5.26. The van der Waals surface area contributed by atoms with Crippen LogP contribution in [-0.4, -0.2) is 22.4 Å². The summed E-state index contributed by atoms with van der Waals surface area (Å²) in [6.45, 7) is -0.157. The zero-order valence-corrected chi connectivity index (χ0v) is 14.3. The van der Waals surface area contributed by atoms with Gasteiger partial charge in [0, 0.05) is 30.3 Å². The number of alkyl halides is 3. The van der Waals surface area contributed by atoms with Gasteiger partial charge in [-0.25, -0.2) is 0 Å². The molecule has 0 radical (unpaired) electrons. The minimum absolute atomic E-state index is 0.291. The van der Waals surface area contributed by atoms with Gasteiger partial charge >= 0.3 is 6.18 Å². The fraction of sp³-hybridized carbons (Fsp3) is 0.250. The van der Waals surface area contributed by atoms with Crippen molar-refractivity contribution in [2.75, 3.05) is 7.05 Å². The van der Waals surface area contributed by atoms with E-state index >= 15 is 0 Å². The summed E-state index contributed by atoms with van der Waals surface area (Å²) in [4.78, 5) is 25.2. The van der Waals surface area contributed by atoms with Crippen LogP contribution in [0.2, 0.25) is 0 Å². The van der Waals surface area contributed by atoms with Gasteiger partial charge in [-0.2, -0.15) is 13.2 Å². The van der Waals surface area contributed by atoms with Crippen LogP contribution < -0.4 is 5.56 Å². The fourth-order valence-corrected chi connectivity index (χ4v) is 2.31. The predicted octanol–water partition coefficient (Wildman–Crippen LogP) is 3.29. The predicted molar refractivity (Wildman–Crippen MR) is 86.3 cm³/mol. The Morgan fingerprint density at radius 3 is 2.38 bits per heavy atom. The van der Waals surface area contributed by atoms with Gasteiger partial charge in [0.05, 0.1) is 5.56 Å². The van der Waals surface area contributed by atoms with Crippen molar-refractivity contribution in [2.45, 2.75) is 19.3 Å². The highest BCUT2D eigenvalue weighted by atomic mass is 79.9.